The van der Waals surface area contributed by atoms with Crippen LogP contribution in [0.25, 0.3) is 0 Å². The molecule has 4 saturated carbocycles. The molecule has 0 aromatic rings. The van der Waals surface area contributed by atoms with E-state index in [-0.39, 0.29) is 17.4 Å². The van der Waals surface area contributed by atoms with Gasteiger partial charge in [-0.2, -0.15) is 0 Å². The summed E-state index contributed by atoms with van der Waals surface area (Å²) in [5.41, 5.74) is 1.57. The molecular weight excluding hydrogens is 616 g/mol. The molecule has 0 bridgehead atoms. The predicted molar refractivity (Wildman–Crippen MR) is 191 cm³/mol. The molecule has 0 spiro atoms. The number of fused-ring (bicyclic) bond motifs is 7. The zero-order valence-electron chi connectivity index (χ0n) is 32.7. The summed E-state index contributed by atoms with van der Waals surface area (Å²) in [5.74, 6) is 2.31. The number of ether oxygens (including phenoxy) is 4. The largest absolute Gasteiger partial charge is 0.458 e. The van der Waals surface area contributed by atoms with Gasteiger partial charge in [0.05, 0.1) is 6.61 Å². The lowest BCUT2D eigenvalue weighted by Crippen LogP contribution is -2.64. The lowest BCUT2D eigenvalue weighted by atomic mass is 9.33. The van der Waals surface area contributed by atoms with Gasteiger partial charge in [0.2, 0.25) is 0 Å². The van der Waals surface area contributed by atoms with Gasteiger partial charge in [0, 0.05) is 27.9 Å². The maximum Gasteiger partial charge on any atom is 0.303 e. The number of hydrogen-bond acceptors (Lipinski definition) is 7. The standard InChI is InChI=1S/C42H68O7/c1-26(13-14-32(47-27(2)43)37(49-29(4)45)33(25-46-11)48-28(3)44)30-17-22-39(7)31(30)18-23-41(9)35(39)15-16-36-40(8)21-12-20-38(5,6)34(40)19-24-42(36,41)10/h19,24,26,30-37H,12-18,20-23,25H2,1-11H3/t26-,30-,31?,32-,33+,34+,35?,36-,37-,39+,40+,41-,42-/m1/s1. The zero-order chi connectivity index (χ0) is 36.2. The Hall–Kier alpha value is -1.89. The number of rotatable bonds is 11. The van der Waals surface area contributed by atoms with E-state index in [0.29, 0.717) is 52.3 Å². The van der Waals surface area contributed by atoms with Gasteiger partial charge < -0.3 is 18.9 Å². The van der Waals surface area contributed by atoms with Gasteiger partial charge in [-0.25, -0.2) is 0 Å². The van der Waals surface area contributed by atoms with E-state index in [1.807, 2.05) is 0 Å². The molecule has 0 N–H and O–H groups in total. The molecule has 0 heterocycles. The molecule has 5 aliphatic rings. The van der Waals surface area contributed by atoms with E-state index in [1.54, 1.807) is 0 Å². The lowest BCUT2D eigenvalue weighted by Gasteiger charge is -2.71. The number of carbonyl (C=O) groups is 3. The minimum Gasteiger partial charge on any atom is -0.458 e. The Labute approximate surface area is 297 Å². The number of methoxy groups -OCH3 is 1. The second-order valence-electron chi connectivity index (χ2n) is 18.8. The molecule has 278 valence electrons. The van der Waals surface area contributed by atoms with Gasteiger partial charge in [0.25, 0.3) is 0 Å². The maximum atomic E-state index is 12.3. The number of hydrogen-bond donors (Lipinski definition) is 0. The van der Waals surface area contributed by atoms with E-state index in [2.05, 4.69) is 60.6 Å². The third kappa shape index (κ3) is 6.65. The van der Waals surface area contributed by atoms with Crippen molar-refractivity contribution < 1.29 is 33.3 Å². The molecule has 0 aromatic heterocycles. The van der Waals surface area contributed by atoms with Crippen molar-refractivity contribution >= 4 is 17.9 Å². The minimum absolute atomic E-state index is 0.0284. The van der Waals surface area contributed by atoms with E-state index in [1.165, 1.54) is 85.7 Å². The second-order valence-corrected chi connectivity index (χ2v) is 18.8. The number of esters is 3. The molecule has 4 fully saturated rings. The van der Waals surface area contributed by atoms with Crippen LogP contribution in [0.4, 0.5) is 0 Å². The van der Waals surface area contributed by atoms with Gasteiger partial charge >= 0.3 is 17.9 Å². The van der Waals surface area contributed by atoms with E-state index < -0.39 is 36.2 Å². The highest BCUT2D eigenvalue weighted by molar-refractivity contribution is 5.68. The number of carbonyl (C=O) groups excluding carboxylic acids is 3. The quantitative estimate of drug-likeness (QED) is 0.122. The molecule has 0 aromatic carbocycles. The maximum absolute atomic E-state index is 12.3. The summed E-state index contributed by atoms with van der Waals surface area (Å²) < 4.78 is 22.3. The molecular formula is C42H68O7. The van der Waals surface area contributed by atoms with Crippen LogP contribution in [0.2, 0.25) is 0 Å². The van der Waals surface area contributed by atoms with E-state index in [9.17, 15) is 14.4 Å². The predicted octanol–water partition coefficient (Wildman–Crippen LogP) is 9.11. The van der Waals surface area contributed by atoms with Crippen LogP contribution in [-0.2, 0) is 33.3 Å². The van der Waals surface area contributed by atoms with Gasteiger partial charge in [-0.3, -0.25) is 14.4 Å². The highest BCUT2D eigenvalue weighted by Crippen LogP contribution is 2.76. The first-order valence-electron chi connectivity index (χ1n) is 19.5. The number of allylic oxidation sites excluding steroid dienone is 2. The van der Waals surface area contributed by atoms with Crippen molar-refractivity contribution in [2.75, 3.05) is 13.7 Å². The summed E-state index contributed by atoms with van der Waals surface area (Å²) >= 11 is 0. The molecule has 0 saturated heterocycles. The summed E-state index contributed by atoms with van der Waals surface area (Å²) in [5, 5.41) is 0. The van der Waals surface area contributed by atoms with Crippen LogP contribution < -0.4 is 0 Å². The van der Waals surface area contributed by atoms with Gasteiger partial charge in [0.1, 0.15) is 6.10 Å². The smallest absolute Gasteiger partial charge is 0.303 e. The van der Waals surface area contributed by atoms with E-state index in [0.717, 1.165) is 12.3 Å². The fourth-order valence-corrected chi connectivity index (χ4v) is 13.6. The monoisotopic (exact) mass is 684 g/mol. The van der Waals surface area contributed by atoms with Crippen molar-refractivity contribution in [1.82, 2.24) is 0 Å². The fraction of sp³-hybridized carbons (Fsp3) is 0.881. The summed E-state index contributed by atoms with van der Waals surface area (Å²) in [6, 6.07) is 0. The Balaban J connectivity index is 1.34. The molecule has 5 rings (SSSR count). The van der Waals surface area contributed by atoms with Gasteiger partial charge in [-0.15, -0.1) is 0 Å². The fourth-order valence-electron chi connectivity index (χ4n) is 13.6. The van der Waals surface area contributed by atoms with Crippen molar-refractivity contribution in [1.29, 1.82) is 0 Å². The average Bonchev–Trinajstić information content (AvgIpc) is 3.34. The first-order chi connectivity index (χ1) is 22.8. The Bertz CT molecular complexity index is 1270. The normalized spacial score (nSPS) is 41.5. The summed E-state index contributed by atoms with van der Waals surface area (Å²) in [6.45, 7) is 22.1. The minimum atomic E-state index is -0.947. The van der Waals surface area contributed by atoms with Crippen LogP contribution in [0, 0.1) is 62.6 Å². The Morgan fingerprint density at radius 3 is 2.00 bits per heavy atom. The summed E-state index contributed by atoms with van der Waals surface area (Å²) in [6.07, 6.45) is 16.0. The summed E-state index contributed by atoms with van der Waals surface area (Å²) in [4.78, 5) is 36.5. The van der Waals surface area contributed by atoms with Crippen LogP contribution in [0.1, 0.15) is 140 Å². The van der Waals surface area contributed by atoms with Crippen molar-refractivity contribution in [2.45, 2.75) is 158 Å². The highest BCUT2D eigenvalue weighted by Gasteiger charge is 2.69. The highest BCUT2D eigenvalue weighted by atomic mass is 16.6. The van der Waals surface area contributed by atoms with Crippen LogP contribution in [0.5, 0.6) is 0 Å². The van der Waals surface area contributed by atoms with E-state index in [4.69, 9.17) is 18.9 Å². The average molecular weight is 685 g/mol. The lowest BCUT2D eigenvalue weighted by molar-refractivity contribution is -0.198. The molecule has 49 heavy (non-hydrogen) atoms. The topological polar surface area (TPSA) is 88.1 Å². The van der Waals surface area contributed by atoms with Crippen molar-refractivity contribution in [3.63, 3.8) is 0 Å². The first-order valence-corrected chi connectivity index (χ1v) is 19.5. The molecule has 7 nitrogen and oxygen atoms in total. The van der Waals surface area contributed by atoms with E-state index >= 15 is 0 Å². The van der Waals surface area contributed by atoms with Crippen LogP contribution >= 0.6 is 0 Å². The Kier molecular flexibility index (Phi) is 10.9. The molecule has 2 unspecified atom stereocenters. The molecule has 7 heteroatoms. The van der Waals surface area contributed by atoms with Crippen molar-refractivity contribution in [2.24, 2.45) is 62.6 Å². The SMILES string of the molecule is COC[C@H](OC(C)=O)[C@H](OC(C)=O)[C@@H](CC[C@@H](C)[C@H]1CC[C@@]2(C)C1CC[C@]1(C)C2CC[C@@H]2[C@@]3(C)CCCC(C)(C)[C@@H]3C=C[C@]21C)OC(C)=O. The van der Waals surface area contributed by atoms with Crippen molar-refractivity contribution in [3.05, 3.63) is 12.2 Å². The molecule has 0 amide bonds. The van der Waals surface area contributed by atoms with Gasteiger partial charge in [0.15, 0.2) is 12.2 Å². The van der Waals surface area contributed by atoms with Crippen LogP contribution in [-0.4, -0.2) is 49.9 Å². The molecule has 13 atom stereocenters. The zero-order valence-corrected chi connectivity index (χ0v) is 32.7. The van der Waals surface area contributed by atoms with Crippen LogP contribution in [0.3, 0.4) is 0 Å². The first kappa shape index (κ1) is 38.3. The Morgan fingerprint density at radius 1 is 0.735 bits per heavy atom. The third-order valence-electron chi connectivity index (χ3n) is 15.8. The summed E-state index contributed by atoms with van der Waals surface area (Å²) in [7, 11) is 1.50. The van der Waals surface area contributed by atoms with Crippen LogP contribution in [0.15, 0.2) is 12.2 Å². The van der Waals surface area contributed by atoms with Crippen molar-refractivity contribution in [3.8, 4) is 0 Å². The van der Waals surface area contributed by atoms with Gasteiger partial charge in [-0.1, -0.05) is 67.0 Å². The molecule has 0 radical (unpaired) electrons. The third-order valence-corrected chi connectivity index (χ3v) is 15.8. The Morgan fingerprint density at radius 2 is 1.37 bits per heavy atom. The second kappa shape index (κ2) is 13.9. The molecule has 0 aliphatic heterocycles. The molecule has 5 aliphatic carbocycles. The van der Waals surface area contributed by atoms with Gasteiger partial charge in [-0.05, 0) is 127 Å².